The van der Waals surface area contributed by atoms with E-state index in [4.69, 9.17) is 5.73 Å². The lowest BCUT2D eigenvalue weighted by Crippen LogP contribution is -1.97. The molecule has 1 aromatic heterocycles. The van der Waals surface area contributed by atoms with Gasteiger partial charge in [0.25, 0.3) is 0 Å². The molecule has 0 aliphatic rings. The Hall–Kier alpha value is -1.83. The number of nitrogens with zero attached hydrogens (tertiary/aromatic N) is 1. The molecule has 2 N–H and O–H groups in total. The molecule has 1 aromatic carbocycles. The molecule has 0 fully saturated rings. The van der Waals surface area contributed by atoms with Crippen LogP contribution in [0.1, 0.15) is 11.3 Å². The van der Waals surface area contributed by atoms with E-state index >= 15 is 0 Å². The fourth-order valence-electron chi connectivity index (χ4n) is 1.39. The second kappa shape index (κ2) is 3.92. The third-order valence-electron chi connectivity index (χ3n) is 2.14. The van der Waals surface area contributed by atoms with Crippen molar-refractivity contribution < 1.29 is 0 Å². The Morgan fingerprint density at radius 1 is 1.00 bits per heavy atom. The molecule has 0 unspecified atom stereocenters. The molecule has 0 aliphatic carbocycles. The summed E-state index contributed by atoms with van der Waals surface area (Å²) in [5.41, 5.74) is 8.74. The fourth-order valence-corrected chi connectivity index (χ4v) is 1.39. The maximum atomic E-state index is 5.81. The van der Waals surface area contributed by atoms with Gasteiger partial charge in [-0.1, -0.05) is 30.3 Å². The van der Waals surface area contributed by atoms with Gasteiger partial charge in [0.1, 0.15) is 0 Å². The van der Waals surface area contributed by atoms with Crippen LogP contribution in [-0.2, 0) is 6.42 Å². The molecule has 0 saturated heterocycles. The Morgan fingerprint density at radius 3 is 2.50 bits per heavy atom. The quantitative estimate of drug-likeness (QED) is 0.777. The largest absolute Gasteiger partial charge is 0.397 e. The third kappa shape index (κ3) is 1.91. The summed E-state index contributed by atoms with van der Waals surface area (Å²) in [4.78, 5) is 4.25. The zero-order chi connectivity index (χ0) is 9.80. The van der Waals surface area contributed by atoms with Crippen molar-refractivity contribution >= 4 is 5.69 Å². The van der Waals surface area contributed by atoms with Crippen molar-refractivity contribution in [2.45, 2.75) is 6.42 Å². The topological polar surface area (TPSA) is 38.9 Å². The summed E-state index contributed by atoms with van der Waals surface area (Å²) in [6.45, 7) is 0. The Labute approximate surface area is 83.4 Å². The first-order valence-corrected chi connectivity index (χ1v) is 4.59. The van der Waals surface area contributed by atoms with Crippen LogP contribution >= 0.6 is 0 Å². The van der Waals surface area contributed by atoms with Gasteiger partial charge < -0.3 is 5.73 Å². The summed E-state index contributed by atoms with van der Waals surface area (Å²) in [6, 6.07) is 13.9. The maximum Gasteiger partial charge on any atom is 0.0676 e. The average Bonchev–Trinajstić information content (AvgIpc) is 2.23. The number of hydrogen-bond donors (Lipinski definition) is 1. The highest BCUT2D eigenvalue weighted by molar-refractivity contribution is 5.44. The molecule has 0 aliphatic heterocycles. The normalized spacial score (nSPS) is 10.0. The van der Waals surface area contributed by atoms with Crippen LogP contribution in [0.3, 0.4) is 0 Å². The highest BCUT2D eigenvalue weighted by Gasteiger charge is 1.99. The van der Waals surface area contributed by atoms with Gasteiger partial charge in [-0.05, 0) is 17.7 Å². The number of nitrogens with two attached hydrogens (primary N) is 1. The number of anilines is 1. The molecule has 2 aromatic rings. The lowest BCUT2D eigenvalue weighted by atomic mass is 10.1. The van der Waals surface area contributed by atoms with Crippen molar-refractivity contribution in [1.82, 2.24) is 4.98 Å². The lowest BCUT2D eigenvalue weighted by molar-refractivity contribution is 1.08. The summed E-state index contributed by atoms with van der Waals surface area (Å²) in [5.74, 6) is 0. The standard InChI is InChI=1S/C12H12N2/c13-11-7-4-8-14-12(11)9-10-5-2-1-3-6-10/h1-8H,9,13H2. The monoisotopic (exact) mass is 184 g/mol. The zero-order valence-electron chi connectivity index (χ0n) is 7.85. The Bertz CT molecular complexity index is 410. The molecule has 70 valence electrons. The van der Waals surface area contributed by atoms with Crippen LogP contribution in [0.4, 0.5) is 5.69 Å². The van der Waals surface area contributed by atoms with Crippen LogP contribution in [0.2, 0.25) is 0 Å². The van der Waals surface area contributed by atoms with E-state index in [1.165, 1.54) is 5.56 Å². The number of rotatable bonds is 2. The molecular weight excluding hydrogens is 172 g/mol. The average molecular weight is 184 g/mol. The number of nitrogen functional groups attached to an aromatic ring is 1. The van der Waals surface area contributed by atoms with E-state index in [0.717, 1.165) is 17.8 Å². The van der Waals surface area contributed by atoms with Crippen LogP contribution in [0.15, 0.2) is 48.7 Å². The molecular formula is C12H12N2. The number of aromatic nitrogens is 1. The summed E-state index contributed by atoms with van der Waals surface area (Å²) in [6.07, 6.45) is 2.57. The van der Waals surface area contributed by atoms with Crippen LogP contribution < -0.4 is 5.73 Å². The van der Waals surface area contributed by atoms with Crippen LogP contribution in [-0.4, -0.2) is 4.98 Å². The number of hydrogen-bond acceptors (Lipinski definition) is 2. The molecule has 2 nitrogen and oxygen atoms in total. The van der Waals surface area contributed by atoms with Gasteiger partial charge in [-0.15, -0.1) is 0 Å². The minimum absolute atomic E-state index is 0.761. The van der Waals surface area contributed by atoms with E-state index in [9.17, 15) is 0 Å². The van der Waals surface area contributed by atoms with Crippen LogP contribution in [0.5, 0.6) is 0 Å². The first kappa shape index (κ1) is 8.75. The molecule has 0 atom stereocenters. The van der Waals surface area contributed by atoms with Crippen molar-refractivity contribution in [1.29, 1.82) is 0 Å². The Kier molecular flexibility index (Phi) is 2.45. The smallest absolute Gasteiger partial charge is 0.0676 e. The van der Waals surface area contributed by atoms with Crippen LogP contribution in [0.25, 0.3) is 0 Å². The summed E-state index contributed by atoms with van der Waals surface area (Å²) < 4.78 is 0. The Morgan fingerprint density at radius 2 is 1.79 bits per heavy atom. The minimum Gasteiger partial charge on any atom is -0.397 e. The van der Waals surface area contributed by atoms with Crippen LogP contribution in [0, 0.1) is 0 Å². The van der Waals surface area contributed by atoms with Crippen molar-refractivity contribution in [3.63, 3.8) is 0 Å². The molecule has 0 amide bonds. The van der Waals surface area contributed by atoms with Gasteiger partial charge in [0.15, 0.2) is 0 Å². The molecule has 14 heavy (non-hydrogen) atoms. The first-order chi connectivity index (χ1) is 6.86. The van der Waals surface area contributed by atoms with E-state index in [-0.39, 0.29) is 0 Å². The summed E-state index contributed by atoms with van der Waals surface area (Å²) in [7, 11) is 0. The van der Waals surface area contributed by atoms with E-state index < -0.39 is 0 Å². The zero-order valence-corrected chi connectivity index (χ0v) is 7.85. The lowest BCUT2D eigenvalue weighted by Gasteiger charge is -2.03. The highest BCUT2D eigenvalue weighted by atomic mass is 14.7. The third-order valence-corrected chi connectivity index (χ3v) is 2.14. The molecule has 2 heteroatoms. The van der Waals surface area contributed by atoms with E-state index in [1.54, 1.807) is 6.20 Å². The summed E-state index contributed by atoms with van der Waals surface area (Å²) in [5, 5.41) is 0. The Balaban J connectivity index is 2.24. The molecule has 1 heterocycles. The van der Waals surface area contributed by atoms with Gasteiger partial charge in [0.05, 0.1) is 11.4 Å². The van der Waals surface area contributed by atoms with Gasteiger partial charge in [-0.25, -0.2) is 0 Å². The van der Waals surface area contributed by atoms with Gasteiger partial charge >= 0.3 is 0 Å². The predicted octanol–water partition coefficient (Wildman–Crippen LogP) is 2.25. The highest BCUT2D eigenvalue weighted by Crippen LogP contribution is 2.12. The van der Waals surface area contributed by atoms with E-state index in [0.29, 0.717) is 0 Å². The van der Waals surface area contributed by atoms with Gasteiger partial charge in [-0.2, -0.15) is 0 Å². The second-order valence-corrected chi connectivity index (χ2v) is 3.20. The predicted molar refractivity (Wildman–Crippen MR) is 57.9 cm³/mol. The fraction of sp³-hybridized carbons (Fsp3) is 0.0833. The van der Waals surface area contributed by atoms with Crippen molar-refractivity contribution in [2.75, 3.05) is 5.73 Å². The molecule has 0 spiro atoms. The molecule has 0 radical (unpaired) electrons. The van der Waals surface area contributed by atoms with Gasteiger partial charge in [0, 0.05) is 12.6 Å². The molecule has 2 rings (SSSR count). The SMILES string of the molecule is Nc1cccnc1Cc1ccccc1. The number of pyridine rings is 1. The van der Waals surface area contributed by atoms with Crippen molar-refractivity contribution in [3.05, 3.63) is 59.9 Å². The molecule has 0 saturated carbocycles. The van der Waals surface area contributed by atoms with Crippen molar-refractivity contribution in [2.24, 2.45) is 0 Å². The summed E-state index contributed by atoms with van der Waals surface area (Å²) >= 11 is 0. The molecule has 0 bridgehead atoms. The van der Waals surface area contributed by atoms with E-state index in [1.807, 2.05) is 30.3 Å². The van der Waals surface area contributed by atoms with Crippen molar-refractivity contribution in [3.8, 4) is 0 Å². The second-order valence-electron chi connectivity index (χ2n) is 3.20. The van der Waals surface area contributed by atoms with Gasteiger partial charge in [0.2, 0.25) is 0 Å². The minimum atomic E-state index is 0.761. The maximum absolute atomic E-state index is 5.81. The number of benzene rings is 1. The first-order valence-electron chi connectivity index (χ1n) is 4.59. The van der Waals surface area contributed by atoms with Gasteiger partial charge in [-0.3, -0.25) is 4.98 Å². The van der Waals surface area contributed by atoms with E-state index in [2.05, 4.69) is 17.1 Å².